The lowest BCUT2D eigenvalue weighted by Gasteiger charge is -2.24. The topological polar surface area (TPSA) is 97.3 Å². The Morgan fingerprint density at radius 3 is 2.96 bits per heavy atom. The average Bonchev–Trinajstić information content (AvgIpc) is 3.23. The molecule has 3 heterocycles. The maximum absolute atomic E-state index is 11.1. The van der Waals surface area contributed by atoms with Crippen molar-refractivity contribution in [2.24, 2.45) is 0 Å². The van der Waals surface area contributed by atoms with E-state index < -0.39 is 12.1 Å². The van der Waals surface area contributed by atoms with Crippen LogP contribution in [0.2, 0.25) is 0 Å². The van der Waals surface area contributed by atoms with Crippen LogP contribution in [0.3, 0.4) is 0 Å². The first kappa shape index (κ1) is 18.0. The number of rotatable bonds is 6. The molecule has 0 bridgehead atoms. The van der Waals surface area contributed by atoms with Crippen molar-refractivity contribution in [2.45, 2.75) is 32.3 Å². The molecule has 0 amide bonds. The van der Waals surface area contributed by atoms with Gasteiger partial charge in [-0.25, -0.2) is 4.79 Å². The second-order valence-corrected chi connectivity index (χ2v) is 6.82. The van der Waals surface area contributed by atoms with Crippen molar-refractivity contribution >= 4 is 5.97 Å². The number of fused-ring (bicyclic) bond motifs is 1. The van der Waals surface area contributed by atoms with Crippen LogP contribution in [0.25, 0.3) is 11.4 Å². The average molecular weight is 379 g/mol. The van der Waals surface area contributed by atoms with Gasteiger partial charge in [0.2, 0.25) is 0 Å². The van der Waals surface area contributed by atoms with Crippen LogP contribution in [-0.4, -0.2) is 39.0 Å². The highest BCUT2D eigenvalue weighted by Gasteiger charge is 2.26. The van der Waals surface area contributed by atoms with E-state index >= 15 is 0 Å². The smallest absolute Gasteiger partial charge is 0.344 e. The molecule has 0 aliphatic carbocycles. The lowest BCUT2D eigenvalue weighted by Crippen LogP contribution is -2.31. The standard InChI is InChI=1S/C21H21N3O4/c1-13-10-20-15(2-5-19(28-20)21(25)26)11-14(13)7-9-27-16-3-4-17(22-12-16)18-6-8-23-24-18/h3-4,6,8,10-12,19H,2,5,7,9H2,1H3,(H,23,24)(H,25,26). The third kappa shape index (κ3) is 3.83. The summed E-state index contributed by atoms with van der Waals surface area (Å²) in [7, 11) is 0. The van der Waals surface area contributed by atoms with Crippen molar-refractivity contribution in [2.75, 3.05) is 6.61 Å². The van der Waals surface area contributed by atoms with Gasteiger partial charge in [-0.1, -0.05) is 6.07 Å². The minimum absolute atomic E-state index is 0.496. The molecular weight excluding hydrogens is 358 g/mol. The van der Waals surface area contributed by atoms with Crippen LogP contribution < -0.4 is 9.47 Å². The molecule has 0 fully saturated rings. The van der Waals surface area contributed by atoms with Gasteiger partial charge in [-0.3, -0.25) is 10.1 Å². The number of carboxylic acid groups (broad SMARTS) is 1. The van der Waals surface area contributed by atoms with Crippen molar-refractivity contribution in [1.29, 1.82) is 0 Å². The molecule has 0 saturated heterocycles. The quantitative estimate of drug-likeness (QED) is 0.683. The molecule has 0 spiro atoms. The number of aromatic nitrogens is 3. The van der Waals surface area contributed by atoms with E-state index in [1.807, 2.05) is 31.2 Å². The molecule has 2 aromatic heterocycles. The Hall–Kier alpha value is -3.35. The number of nitrogens with zero attached hydrogens (tertiary/aromatic N) is 2. The van der Waals surface area contributed by atoms with E-state index in [2.05, 4.69) is 21.2 Å². The van der Waals surface area contributed by atoms with E-state index in [-0.39, 0.29) is 0 Å². The monoisotopic (exact) mass is 379 g/mol. The molecule has 144 valence electrons. The maximum Gasteiger partial charge on any atom is 0.344 e. The number of nitrogens with one attached hydrogen (secondary N) is 1. The summed E-state index contributed by atoms with van der Waals surface area (Å²) in [6.45, 7) is 2.54. The van der Waals surface area contributed by atoms with Crippen molar-refractivity contribution in [3.63, 3.8) is 0 Å². The van der Waals surface area contributed by atoms with Crippen LogP contribution in [0.15, 0.2) is 42.7 Å². The highest BCUT2D eigenvalue weighted by atomic mass is 16.5. The number of aryl methyl sites for hydroxylation is 2. The minimum Gasteiger partial charge on any atom is -0.492 e. The third-order valence-electron chi connectivity index (χ3n) is 4.89. The fourth-order valence-electron chi connectivity index (χ4n) is 3.33. The van der Waals surface area contributed by atoms with Crippen molar-refractivity contribution < 1.29 is 19.4 Å². The van der Waals surface area contributed by atoms with Gasteiger partial charge in [-0.15, -0.1) is 0 Å². The second-order valence-electron chi connectivity index (χ2n) is 6.82. The summed E-state index contributed by atoms with van der Waals surface area (Å²) in [6, 6.07) is 9.68. The van der Waals surface area contributed by atoms with E-state index in [4.69, 9.17) is 14.6 Å². The highest BCUT2D eigenvalue weighted by Crippen LogP contribution is 2.31. The van der Waals surface area contributed by atoms with Gasteiger partial charge in [0.1, 0.15) is 11.5 Å². The van der Waals surface area contributed by atoms with Gasteiger partial charge in [-0.05, 0) is 60.7 Å². The van der Waals surface area contributed by atoms with Crippen LogP contribution in [0.1, 0.15) is 23.1 Å². The molecule has 1 aliphatic rings. The van der Waals surface area contributed by atoms with Gasteiger partial charge < -0.3 is 14.6 Å². The summed E-state index contributed by atoms with van der Waals surface area (Å²) in [5.74, 6) is 0.485. The zero-order valence-electron chi connectivity index (χ0n) is 15.5. The van der Waals surface area contributed by atoms with Crippen molar-refractivity contribution in [3.05, 3.63) is 59.4 Å². The number of ether oxygens (including phenoxy) is 2. The van der Waals surface area contributed by atoms with Crippen molar-refractivity contribution in [1.82, 2.24) is 15.2 Å². The first-order valence-electron chi connectivity index (χ1n) is 9.20. The second kappa shape index (κ2) is 7.72. The van der Waals surface area contributed by atoms with Gasteiger partial charge in [0.05, 0.1) is 24.2 Å². The first-order valence-corrected chi connectivity index (χ1v) is 9.20. The lowest BCUT2D eigenvalue weighted by molar-refractivity contribution is -0.145. The number of aromatic amines is 1. The number of benzene rings is 1. The maximum atomic E-state index is 11.1. The molecule has 3 aromatic rings. The predicted octanol–water partition coefficient (Wildman–Crippen LogP) is 3.18. The summed E-state index contributed by atoms with van der Waals surface area (Å²) in [5.41, 5.74) is 4.99. The van der Waals surface area contributed by atoms with Crippen LogP contribution in [0, 0.1) is 6.92 Å². The molecule has 0 saturated carbocycles. The molecule has 7 nitrogen and oxygen atoms in total. The normalized spacial score (nSPS) is 15.5. The van der Waals surface area contributed by atoms with Crippen LogP contribution in [-0.2, 0) is 17.6 Å². The molecule has 4 rings (SSSR count). The Labute approximate surface area is 162 Å². The first-order chi connectivity index (χ1) is 13.6. The summed E-state index contributed by atoms with van der Waals surface area (Å²) in [6.07, 6.45) is 4.60. The molecule has 2 N–H and O–H groups in total. The third-order valence-corrected chi connectivity index (χ3v) is 4.89. The van der Waals surface area contributed by atoms with Crippen LogP contribution in [0.4, 0.5) is 0 Å². The van der Waals surface area contributed by atoms with Crippen LogP contribution >= 0.6 is 0 Å². The zero-order chi connectivity index (χ0) is 19.5. The number of aliphatic carboxylic acids is 1. The minimum atomic E-state index is -0.909. The number of pyridine rings is 1. The van der Waals surface area contributed by atoms with E-state index in [0.29, 0.717) is 30.9 Å². The molecule has 1 aromatic carbocycles. The SMILES string of the molecule is Cc1cc2c(cc1CCOc1ccc(-c3ccn[nH]3)nc1)CCC(C(=O)O)O2. The molecule has 7 heteroatoms. The Bertz CT molecular complexity index is 968. The largest absolute Gasteiger partial charge is 0.492 e. The summed E-state index contributed by atoms with van der Waals surface area (Å²) < 4.78 is 11.4. The van der Waals surface area contributed by atoms with Gasteiger partial charge >= 0.3 is 5.97 Å². The summed E-state index contributed by atoms with van der Waals surface area (Å²) in [4.78, 5) is 15.5. The molecule has 1 aliphatic heterocycles. The molecule has 1 atom stereocenters. The predicted molar refractivity (Wildman–Crippen MR) is 103 cm³/mol. The van der Waals surface area contributed by atoms with E-state index in [1.54, 1.807) is 12.4 Å². The fourth-order valence-corrected chi connectivity index (χ4v) is 3.33. The van der Waals surface area contributed by atoms with E-state index in [1.165, 1.54) is 5.56 Å². The zero-order valence-corrected chi connectivity index (χ0v) is 15.5. The molecule has 28 heavy (non-hydrogen) atoms. The highest BCUT2D eigenvalue weighted by molar-refractivity contribution is 5.73. The Balaban J connectivity index is 1.37. The summed E-state index contributed by atoms with van der Waals surface area (Å²) in [5, 5.41) is 15.9. The number of carbonyl (C=O) groups is 1. The number of hydrogen-bond acceptors (Lipinski definition) is 5. The lowest BCUT2D eigenvalue weighted by atomic mass is 9.96. The molecule has 1 unspecified atom stereocenters. The number of carboxylic acids is 1. The Kier molecular flexibility index (Phi) is 4.97. The van der Waals surface area contributed by atoms with Crippen molar-refractivity contribution in [3.8, 4) is 22.9 Å². The van der Waals surface area contributed by atoms with Gasteiger partial charge in [0, 0.05) is 12.6 Å². The summed E-state index contributed by atoms with van der Waals surface area (Å²) >= 11 is 0. The Morgan fingerprint density at radius 1 is 1.36 bits per heavy atom. The van der Waals surface area contributed by atoms with Gasteiger partial charge in [0.15, 0.2) is 6.10 Å². The van der Waals surface area contributed by atoms with E-state index in [9.17, 15) is 4.79 Å². The molecule has 0 radical (unpaired) electrons. The number of hydrogen-bond donors (Lipinski definition) is 2. The molecular formula is C21H21N3O4. The van der Waals surface area contributed by atoms with E-state index in [0.717, 1.165) is 28.9 Å². The number of H-pyrrole nitrogens is 1. The van der Waals surface area contributed by atoms with Gasteiger partial charge in [0.25, 0.3) is 0 Å². The van der Waals surface area contributed by atoms with Crippen LogP contribution in [0.5, 0.6) is 11.5 Å². The fraction of sp³-hybridized carbons (Fsp3) is 0.286. The Morgan fingerprint density at radius 2 is 2.25 bits per heavy atom. The van der Waals surface area contributed by atoms with Gasteiger partial charge in [-0.2, -0.15) is 5.10 Å².